The highest BCUT2D eigenvalue weighted by molar-refractivity contribution is 5.88. The normalized spacial score (nSPS) is 10.7. The zero-order chi connectivity index (χ0) is 15.9. The van der Waals surface area contributed by atoms with Crippen molar-refractivity contribution < 1.29 is 24.5 Å². The smallest absolute Gasteiger partial charge is 0.235 e. The molecule has 3 aromatic rings. The lowest BCUT2D eigenvalue weighted by Gasteiger charge is -2.08. The second-order valence-corrected chi connectivity index (χ2v) is 4.66. The second kappa shape index (κ2) is 4.92. The summed E-state index contributed by atoms with van der Waals surface area (Å²) in [7, 11) is 0. The molecule has 0 saturated carbocycles. The average Bonchev–Trinajstić information content (AvgIpc) is 2.54. The monoisotopic (exact) mass is 298 g/mol. The number of carbonyl (C=O) groups excluding carboxylic acids is 1. The highest BCUT2D eigenvalue weighted by atomic mass is 16.4. The van der Waals surface area contributed by atoms with Crippen LogP contribution < -0.4 is 5.43 Å². The maximum atomic E-state index is 12.2. The number of aromatic hydroxyl groups is 3. The van der Waals surface area contributed by atoms with Gasteiger partial charge in [0.2, 0.25) is 16.9 Å². The largest absolute Gasteiger partial charge is 0.504 e. The zero-order valence-electron chi connectivity index (χ0n) is 11.1. The summed E-state index contributed by atoms with van der Waals surface area (Å²) in [4.78, 5) is 22.8. The van der Waals surface area contributed by atoms with E-state index in [1.807, 2.05) is 0 Å². The molecule has 2 aromatic carbocycles. The van der Waals surface area contributed by atoms with Gasteiger partial charge in [0.05, 0.1) is 5.39 Å². The van der Waals surface area contributed by atoms with E-state index in [-0.39, 0.29) is 16.7 Å². The summed E-state index contributed by atoms with van der Waals surface area (Å²) in [6.45, 7) is 0. The first-order chi connectivity index (χ1) is 10.5. The molecule has 0 aliphatic carbocycles. The molecule has 3 rings (SSSR count). The van der Waals surface area contributed by atoms with Crippen LogP contribution in [0.15, 0.2) is 45.6 Å². The van der Waals surface area contributed by atoms with Gasteiger partial charge < -0.3 is 19.7 Å². The van der Waals surface area contributed by atoms with Gasteiger partial charge in [0, 0.05) is 11.1 Å². The highest BCUT2D eigenvalue weighted by Gasteiger charge is 2.18. The van der Waals surface area contributed by atoms with Crippen molar-refractivity contribution in [3.8, 4) is 28.6 Å². The molecule has 0 fully saturated rings. The van der Waals surface area contributed by atoms with Gasteiger partial charge in [-0.2, -0.15) is 0 Å². The van der Waals surface area contributed by atoms with Crippen LogP contribution in [0.3, 0.4) is 0 Å². The molecule has 22 heavy (non-hydrogen) atoms. The van der Waals surface area contributed by atoms with Gasteiger partial charge in [-0.05, 0) is 12.1 Å². The standard InChI is InChI=1S/C16H10O6/c17-7-8-1-3-9(4-2-8)15-14(21)12(19)10-5-6-11(18)13(20)16(10)22-15/h1-7,18,20-21H. The zero-order valence-corrected chi connectivity index (χ0v) is 11.1. The molecule has 0 radical (unpaired) electrons. The van der Waals surface area contributed by atoms with Gasteiger partial charge in [-0.1, -0.05) is 24.3 Å². The van der Waals surface area contributed by atoms with Gasteiger partial charge in [-0.25, -0.2) is 0 Å². The molecule has 0 amide bonds. The van der Waals surface area contributed by atoms with E-state index < -0.39 is 22.7 Å². The van der Waals surface area contributed by atoms with Crippen molar-refractivity contribution >= 4 is 17.3 Å². The summed E-state index contributed by atoms with van der Waals surface area (Å²) in [6.07, 6.45) is 0.657. The summed E-state index contributed by atoms with van der Waals surface area (Å²) < 4.78 is 5.40. The molecular formula is C16H10O6. The number of phenols is 2. The lowest BCUT2D eigenvalue weighted by molar-refractivity contribution is 0.112. The Labute approximate surface area is 123 Å². The van der Waals surface area contributed by atoms with Crippen molar-refractivity contribution in [1.82, 2.24) is 0 Å². The van der Waals surface area contributed by atoms with Gasteiger partial charge in [0.1, 0.15) is 6.29 Å². The molecule has 0 aliphatic heterocycles. The van der Waals surface area contributed by atoms with Crippen LogP contribution in [-0.4, -0.2) is 21.6 Å². The van der Waals surface area contributed by atoms with Gasteiger partial charge in [-0.15, -0.1) is 0 Å². The van der Waals surface area contributed by atoms with Crippen molar-refractivity contribution in [3.05, 3.63) is 52.2 Å². The first-order valence-electron chi connectivity index (χ1n) is 6.29. The Balaban J connectivity index is 2.34. The fourth-order valence-corrected chi connectivity index (χ4v) is 2.13. The van der Waals surface area contributed by atoms with E-state index in [1.54, 1.807) is 0 Å². The van der Waals surface area contributed by atoms with Crippen LogP contribution in [0.4, 0.5) is 0 Å². The van der Waals surface area contributed by atoms with Crippen LogP contribution in [0.1, 0.15) is 10.4 Å². The Hall–Kier alpha value is -3.28. The number of benzene rings is 2. The SMILES string of the molecule is O=Cc1ccc(-c2oc3c(O)c(O)ccc3c(=O)c2O)cc1. The van der Waals surface area contributed by atoms with Crippen molar-refractivity contribution in [2.75, 3.05) is 0 Å². The molecule has 0 atom stereocenters. The Morgan fingerprint density at radius 1 is 0.909 bits per heavy atom. The average molecular weight is 298 g/mol. The summed E-state index contributed by atoms with van der Waals surface area (Å²) >= 11 is 0. The van der Waals surface area contributed by atoms with E-state index in [0.717, 1.165) is 6.07 Å². The van der Waals surface area contributed by atoms with E-state index in [1.165, 1.54) is 30.3 Å². The van der Waals surface area contributed by atoms with Gasteiger partial charge in [0.25, 0.3) is 0 Å². The quantitative estimate of drug-likeness (QED) is 0.495. The lowest BCUT2D eigenvalue weighted by atomic mass is 10.1. The molecule has 0 spiro atoms. The second-order valence-electron chi connectivity index (χ2n) is 4.66. The number of phenolic OH excluding ortho intramolecular Hbond substituents is 2. The fraction of sp³-hybridized carbons (Fsp3) is 0. The van der Waals surface area contributed by atoms with Crippen molar-refractivity contribution in [2.24, 2.45) is 0 Å². The minimum absolute atomic E-state index is 0.0546. The molecule has 0 saturated heterocycles. The summed E-state index contributed by atoms with van der Waals surface area (Å²) in [6, 6.07) is 8.35. The molecule has 1 heterocycles. The Morgan fingerprint density at radius 3 is 2.23 bits per heavy atom. The number of fused-ring (bicyclic) bond motifs is 1. The first kappa shape index (κ1) is 13.7. The van der Waals surface area contributed by atoms with Crippen molar-refractivity contribution in [2.45, 2.75) is 0 Å². The molecule has 110 valence electrons. The third-order valence-electron chi connectivity index (χ3n) is 3.30. The molecule has 0 unspecified atom stereocenters. The Morgan fingerprint density at radius 2 is 1.59 bits per heavy atom. The van der Waals surface area contributed by atoms with Gasteiger partial charge in [-0.3, -0.25) is 9.59 Å². The van der Waals surface area contributed by atoms with E-state index in [4.69, 9.17) is 4.42 Å². The van der Waals surface area contributed by atoms with Crippen LogP contribution in [0, 0.1) is 0 Å². The molecular weight excluding hydrogens is 288 g/mol. The summed E-state index contributed by atoms with van der Waals surface area (Å²) in [5.74, 6) is -1.80. The Bertz CT molecular complexity index is 937. The fourth-order valence-electron chi connectivity index (χ4n) is 2.13. The third kappa shape index (κ3) is 1.98. The van der Waals surface area contributed by atoms with E-state index in [2.05, 4.69) is 0 Å². The van der Waals surface area contributed by atoms with Crippen LogP contribution in [-0.2, 0) is 0 Å². The van der Waals surface area contributed by atoms with E-state index >= 15 is 0 Å². The minimum Gasteiger partial charge on any atom is -0.504 e. The lowest BCUT2D eigenvalue weighted by Crippen LogP contribution is -2.02. The Kier molecular flexibility index (Phi) is 3.06. The van der Waals surface area contributed by atoms with Crippen LogP contribution in [0.5, 0.6) is 17.2 Å². The van der Waals surface area contributed by atoms with Crippen LogP contribution >= 0.6 is 0 Å². The summed E-state index contributed by atoms with van der Waals surface area (Å²) in [5.41, 5.74) is -0.181. The number of hydrogen-bond donors (Lipinski definition) is 3. The molecule has 3 N–H and O–H groups in total. The van der Waals surface area contributed by atoms with Gasteiger partial charge >= 0.3 is 0 Å². The molecule has 1 aromatic heterocycles. The number of aldehydes is 1. The summed E-state index contributed by atoms with van der Waals surface area (Å²) in [5, 5.41) is 29.3. The van der Waals surface area contributed by atoms with Crippen molar-refractivity contribution in [1.29, 1.82) is 0 Å². The van der Waals surface area contributed by atoms with E-state index in [0.29, 0.717) is 17.4 Å². The number of carbonyl (C=O) groups is 1. The molecule has 0 aliphatic rings. The molecule has 0 bridgehead atoms. The first-order valence-corrected chi connectivity index (χ1v) is 6.29. The highest BCUT2D eigenvalue weighted by Crippen LogP contribution is 2.37. The molecule has 6 heteroatoms. The predicted octanol–water partition coefficient (Wildman–Crippen LogP) is 2.39. The van der Waals surface area contributed by atoms with Gasteiger partial charge in [0.15, 0.2) is 17.1 Å². The number of hydrogen-bond acceptors (Lipinski definition) is 6. The number of rotatable bonds is 2. The molecule has 6 nitrogen and oxygen atoms in total. The van der Waals surface area contributed by atoms with Crippen LogP contribution in [0.2, 0.25) is 0 Å². The minimum atomic E-state index is -0.731. The predicted molar refractivity (Wildman–Crippen MR) is 78.3 cm³/mol. The van der Waals surface area contributed by atoms with Crippen LogP contribution in [0.25, 0.3) is 22.3 Å². The topological polar surface area (TPSA) is 108 Å². The maximum Gasteiger partial charge on any atom is 0.235 e. The third-order valence-corrected chi connectivity index (χ3v) is 3.30. The van der Waals surface area contributed by atoms with Crippen molar-refractivity contribution in [3.63, 3.8) is 0 Å². The maximum absolute atomic E-state index is 12.2. The van der Waals surface area contributed by atoms with E-state index in [9.17, 15) is 24.9 Å².